The van der Waals surface area contributed by atoms with Gasteiger partial charge in [0.2, 0.25) is 5.91 Å². The zero-order chi connectivity index (χ0) is 11.9. The fourth-order valence-electron chi connectivity index (χ4n) is 5.90. The lowest BCUT2D eigenvalue weighted by Gasteiger charge is -2.19. The van der Waals surface area contributed by atoms with Crippen molar-refractivity contribution in [1.82, 2.24) is 10.2 Å². The van der Waals surface area contributed by atoms with E-state index < -0.39 is 0 Å². The van der Waals surface area contributed by atoms with E-state index in [4.69, 9.17) is 0 Å². The largest absolute Gasteiger partial charge is 0.342 e. The summed E-state index contributed by atoms with van der Waals surface area (Å²) in [6.07, 6.45) is 4.30. The molecule has 0 radical (unpaired) electrons. The number of rotatable bonds is 1. The molecule has 0 aromatic carbocycles. The van der Waals surface area contributed by atoms with E-state index in [1.165, 1.54) is 19.3 Å². The molecule has 5 aliphatic rings. The summed E-state index contributed by atoms with van der Waals surface area (Å²) in [5, 5.41) is 3.45. The molecule has 98 valence electrons. The molecule has 0 aromatic heterocycles. The minimum absolute atomic E-state index is 0.461. The molecule has 3 saturated carbocycles. The first-order valence-corrected chi connectivity index (χ1v) is 7.82. The molecule has 3 aliphatic carbocycles. The van der Waals surface area contributed by atoms with Crippen LogP contribution in [0.25, 0.3) is 0 Å². The molecule has 1 N–H and O–H groups in total. The Morgan fingerprint density at radius 1 is 0.944 bits per heavy atom. The molecule has 4 unspecified atom stereocenters. The molecule has 2 bridgehead atoms. The van der Waals surface area contributed by atoms with Gasteiger partial charge in [-0.1, -0.05) is 0 Å². The van der Waals surface area contributed by atoms with E-state index in [1.54, 1.807) is 0 Å². The Kier molecular flexibility index (Phi) is 1.88. The van der Waals surface area contributed by atoms with E-state index in [0.717, 1.165) is 61.7 Å². The average Bonchev–Trinajstić information content (AvgIpc) is 2.84. The van der Waals surface area contributed by atoms with Crippen molar-refractivity contribution in [3.8, 4) is 0 Å². The number of amides is 1. The number of likely N-dealkylation sites (tertiary alicyclic amines) is 1. The zero-order valence-corrected chi connectivity index (χ0v) is 10.8. The Hall–Kier alpha value is -0.570. The SMILES string of the molecule is O=C(C1C2C3CCC(C3)C12)N1C[C@H]2CNC[C@H]2C1. The lowest BCUT2D eigenvalue weighted by atomic mass is 10.0. The van der Waals surface area contributed by atoms with Gasteiger partial charge >= 0.3 is 0 Å². The highest BCUT2D eigenvalue weighted by Crippen LogP contribution is 2.69. The normalized spacial score (nSPS) is 55.8. The van der Waals surface area contributed by atoms with Crippen LogP contribution in [0.2, 0.25) is 0 Å². The average molecular weight is 246 g/mol. The fourth-order valence-corrected chi connectivity index (χ4v) is 5.90. The second-order valence-electron chi connectivity index (χ2n) is 7.44. The van der Waals surface area contributed by atoms with Crippen LogP contribution >= 0.6 is 0 Å². The molecule has 2 saturated heterocycles. The van der Waals surface area contributed by atoms with Gasteiger partial charge in [-0.3, -0.25) is 4.79 Å². The molecule has 0 aromatic rings. The van der Waals surface area contributed by atoms with Crippen LogP contribution in [0, 0.1) is 41.4 Å². The molecule has 1 amide bonds. The summed E-state index contributed by atoms with van der Waals surface area (Å²) < 4.78 is 0. The van der Waals surface area contributed by atoms with E-state index in [1.807, 2.05) is 0 Å². The molecule has 18 heavy (non-hydrogen) atoms. The molecule has 5 rings (SSSR count). The van der Waals surface area contributed by atoms with Crippen LogP contribution in [0.1, 0.15) is 19.3 Å². The number of carbonyl (C=O) groups is 1. The predicted molar refractivity (Wildman–Crippen MR) is 67.7 cm³/mol. The van der Waals surface area contributed by atoms with E-state index in [2.05, 4.69) is 10.2 Å². The second kappa shape index (κ2) is 3.30. The van der Waals surface area contributed by atoms with E-state index in [9.17, 15) is 4.79 Å². The van der Waals surface area contributed by atoms with Crippen molar-refractivity contribution in [3.05, 3.63) is 0 Å². The summed E-state index contributed by atoms with van der Waals surface area (Å²) in [5.41, 5.74) is 0. The van der Waals surface area contributed by atoms with Gasteiger partial charge in [-0.2, -0.15) is 0 Å². The van der Waals surface area contributed by atoms with Gasteiger partial charge < -0.3 is 10.2 Å². The Labute approximate surface area is 108 Å². The monoisotopic (exact) mass is 246 g/mol. The Bertz CT molecular complexity index is 381. The number of nitrogens with one attached hydrogen (secondary N) is 1. The molecule has 5 fully saturated rings. The highest BCUT2D eigenvalue weighted by atomic mass is 16.2. The maximum absolute atomic E-state index is 12.7. The topological polar surface area (TPSA) is 32.3 Å². The number of hydrogen-bond acceptors (Lipinski definition) is 2. The standard InChI is InChI=1S/C15H22N2O/c18-15(17-6-10-4-16-5-11(10)7-17)14-12-8-1-2-9(3-8)13(12)14/h8-14,16H,1-7H2/t8?,9?,10-,11+,12?,13?,14?. The van der Waals surface area contributed by atoms with Gasteiger partial charge in [-0.15, -0.1) is 0 Å². The summed E-state index contributed by atoms with van der Waals surface area (Å²) in [6.45, 7) is 4.36. The van der Waals surface area contributed by atoms with Crippen LogP contribution in [0.5, 0.6) is 0 Å². The minimum atomic E-state index is 0.461. The first-order chi connectivity index (χ1) is 8.83. The van der Waals surface area contributed by atoms with E-state index >= 15 is 0 Å². The van der Waals surface area contributed by atoms with Crippen LogP contribution < -0.4 is 5.32 Å². The zero-order valence-electron chi connectivity index (χ0n) is 10.8. The van der Waals surface area contributed by atoms with Gasteiger partial charge in [-0.25, -0.2) is 0 Å². The predicted octanol–water partition coefficient (Wildman–Crippen LogP) is 0.956. The quantitative estimate of drug-likeness (QED) is 0.747. The molecular formula is C15H22N2O. The van der Waals surface area contributed by atoms with Crippen molar-refractivity contribution < 1.29 is 4.79 Å². The molecule has 0 spiro atoms. The van der Waals surface area contributed by atoms with Crippen molar-refractivity contribution in [3.63, 3.8) is 0 Å². The molecule has 6 atom stereocenters. The fraction of sp³-hybridized carbons (Fsp3) is 0.933. The minimum Gasteiger partial charge on any atom is -0.342 e. The van der Waals surface area contributed by atoms with E-state index in [-0.39, 0.29) is 0 Å². The van der Waals surface area contributed by atoms with Crippen LogP contribution in [0.15, 0.2) is 0 Å². The summed E-state index contributed by atoms with van der Waals surface area (Å²) in [4.78, 5) is 14.9. The number of carbonyl (C=O) groups excluding carboxylic acids is 1. The Balaban J connectivity index is 1.31. The van der Waals surface area contributed by atoms with Crippen LogP contribution in [-0.4, -0.2) is 37.0 Å². The smallest absolute Gasteiger partial charge is 0.226 e. The first kappa shape index (κ1) is 10.2. The maximum atomic E-state index is 12.7. The van der Waals surface area contributed by atoms with Crippen molar-refractivity contribution in [2.75, 3.05) is 26.2 Å². The van der Waals surface area contributed by atoms with E-state index in [0.29, 0.717) is 11.8 Å². The van der Waals surface area contributed by atoms with Gasteiger partial charge in [0.1, 0.15) is 0 Å². The second-order valence-corrected chi connectivity index (χ2v) is 7.44. The lowest BCUT2D eigenvalue weighted by Crippen LogP contribution is -2.34. The summed E-state index contributed by atoms with van der Waals surface area (Å²) in [5.74, 6) is 5.99. The van der Waals surface area contributed by atoms with Crippen LogP contribution in [0.4, 0.5) is 0 Å². The third kappa shape index (κ3) is 1.17. The molecular weight excluding hydrogens is 224 g/mol. The van der Waals surface area contributed by atoms with Crippen molar-refractivity contribution in [2.24, 2.45) is 41.4 Å². The lowest BCUT2D eigenvalue weighted by molar-refractivity contribution is -0.132. The summed E-state index contributed by atoms with van der Waals surface area (Å²) >= 11 is 0. The molecule has 2 aliphatic heterocycles. The summed E-state index contributed by atoms with van der Waals surface area (Å²) in [7, 11) is 0. The number of nitrogens with zero attached hydrogens (tertiary/aromatic N) is 1. The van der Waals surface area contributed by atoms with Gasteiger partial charge in [0.25, 0.3) is 0 Å². The van der Waals surface area contributed by atoms with Crippen molar-refractivity contribution in [1.29, 1.82) is 0 Å². The highest BCUT2D eigenvalue weighted by Gasteiger charge is 2.68. The van der Waals surface area contributed by atoms with Gasteiger partial charge in [0.05, 0.1) is 0 Å². The van der Waals surface area contributed by atoms with Crippen LogP contribution in [-0.2, 0) is 4.79 Å². The van der Waals surface area contributed by atoms with Gasteiger partial charge in [0.15, 0.2) is 0 Å². The first-order valence-electron chi connectivity index (χ1n) is 7.82. The molecule has 2 heterocycles. The van der Waals surface area contributed by atoms with Crippen molar-refractivity contribution in [2.45, 2.75) is 19.3 Å². The highest BCUT2D eigenvalue weighted by molar-refractivity contribution is 5.83. The molecule has 3 heteroatoms. The van der Waals surface area contributed by atoms with Gasteiger partial charge in [0, 0.05) is 32.1 Å². The van der Waals surface area contributed by atoms with Crippen LogP contribution in [0.3, 0.4) is 0 Å². The maximum Gasteiger partial charge on any atom is 0.226 e. The third-order valence-electron chi connectivity index (χ3n) is 6.72. The number of hydrogen-bond donors (Lipinski definition) is 1. The third-order valence-corrected chi connectivity index (χ3v) is 6.72. The Morgan fingerprint density at radius 3 is 2.17 bits per heavy atom. The number of fused-ring (bicyclic) bond motifs is 6. The molecule has 3 nitrogen and oxygen atoms in total. The Morgan fingerprint density at radius 2 is 1.56 bits per heavy atom. The summed E-state index contributed by atoms with van der Waals surface area (Å²) in [6, 6.07) is 0. The van der Waals surface area contributed by atoms with Gasteiger partial charge in [-0.05, 0) is 54.8 Å². The van der Waals surface area contributed by atoms with Crippen molar-refractivity contribution >= 4 is 5.91 Å².